The topological polar surface area (TPSA) is 150 Å². The van der Waals surface area contributed by atoms with Crippen molar-refractivity contribution in [2.45, 2.75) is 57.0 Å². The van der Waals surface area contributed by atoms with Gasteiger partial charge in [-0.1, -0.05) is 102 Å². The molecule has 4 rings (SSSR count). The molecule has 0 saturated heterocycles. The minimum atomic E-state index is -4.51. The summed E-state index contributed by atoms with van der Waals surface area (Å²) >= 11 is 0. The van der Waals surface area contributed by atoms with Crippen molar-refractivity contribution in [3.8, 4) is 11.5 Å². The molecule has 0 aliphatic carbocycles. The van der Waals surface area contributed by atoms with E-state index in [2.05, 4.69) is 12.1 Å². The highest BCUT2D eigenvalue weighted by Gasteiger charge is 2.29. The molecular weight excluding hydrogens is 758 g/mol. The number of hydrogen-bond donors (Lipinski definition) is 1. The van der Waals surface area contributed by atoms with Gasteiger partial charge in [0.05, 0.1) is 11.1 Å². The highest BCUT2D eigenvalue weighted by atomic mass is 32.2. The van der Waals surface area contributed by atoms with E-state index in [1.165, 1.54) is 12.1 Å². The zero-order valence-corrected chi connectivity index (χ0v) is 36.7. The Hall–Kier alpha value is -4.55. The van der Waals surface area contributed by atoms with Crippen molar-refractivity contribution in [1.29, 1.82) is 0 Å². The van der Waals surface area contributed by atoms with Crippen molar-refractivity contribution in [2.24, 2.45) is 0 Å². The maximum Gasteiger partial charge on any atom is 0.343 e. The first-order valence-corrected chi connectivity index (χ1v) is 22.4. The van der Waals surface area contributed by atoms with Crippen LogP contribution in [-0.2, 0) is 71.8 Å². The Bertz CT molecular complexity index is 2370. The van der Waals surface area contributed by atoms with Crippen LogP contribution in [0.5, 0.6) is 11.5 Å². The smallest absolute Gasteiger partial charge is 0.343 e. The van der Waals surface area contributed by atoms with Gasteiger partial charge in [-0.3, -0.25) is 9.35 Å². The molecule has 0 fully saturated rings. The second-order valence-corrected chi connectivity index (χ2v) is 16.2. The largest absolute Gasteiger partial charge is 0.461 e. The number of hydrogen-bond acceptors (Lipinski definition) is 9. The first-order chi connectivity index (χ1) is 28.1. The average molecular weight is 807 g/mol. The van der Waals surface area contributed by atoms with Crippen molar-refractivity contribution < 1.29 is 46.4 Å². The molecule has 0 unspecified atom stereocenters. The number of benzene rings is 4. The summed E-state index contributed by atoms with van der Waals surface area (Å²) in [6.45, 7) is -0.724. The van der Waals surface area contributed by atoms with Gasteiger partial charge in [-0.05, 0) is 46.5 Å². The number of rotatable bonds is 19. The van der Waals surface area contributed by atoms with Crippen LogP contribution in [0.3, 0.4) is 0 Å². The number of ketones is 1. The van der Waals surface area contributed by atoms with Crippen LogP contribution in [0.15, 0.2) is 48.5 Å². The van der Waals surface area contributed by atoms with E-state index < -0.39 is 46.8 Å². The lowest BCUT2D eigenvalue weighted by Crippen LogP contribution is -2.23. The number of carbonyl (C=O) groups excluding carboxylic acids is 4. The highest BCUT2D eigenvalue weighted by molar-refractivity contribution is 7.85. The Morgan fingerprint density at radius 1 is 0.542 bits per heavy atom. The van der Waals surface area contributed by atoms with Crippen LogP contribution < -0.4 is 14.9 Å². The summed E-state index contributed by atoms with van der Waals surface area (Å²) in [5.41, 5.74) is 9.05. The lowest BCUT2D eigenvalue weighted by molar-refractivity contribution is 0.0521. The Morgan fingerprint density at radius 2 is 1.03 bits per heavy atom. The fourth-order valence-corrected chi connectivity index (χ4v) is 8.00. The molecule has 4 aromatic rings. The lowest BCUT2D eigenvalue weighted by atomic mass is 9.78. The average Bonchev–Trinajstić information content (AvgIpc) is 3.21. The minimum Gasteiger partial charge on any atom is -0.461 e. The quantitative estimate of drug-likeness (QED) is 0.0326. The van der Waals surface area contributed by atoms with E-state index in [4.69, 9.17) is 14.2 Å². The van der Waals surface area contributed by atoms with Crippen molar-refractivity contribution in [3.63, 3.8) is 0 Å². The molecule has 0 bridgehead atoms. The summed E-state index contributed by atoms with van der Waals surface area (Å²) in [5.74, 6) is -4.21. The summed E-state index contributed by atoms with van der Waals surface area (Å²) in [7, 11) is 13.2. The molecule has 0 spiro atoms. The van der Waals surface area contributed by atoms with Gasteiger partial charge in [0.15, 0.2) is 5.78 Å². The minimum absolute atomic E-state index is 0.0310. The molecule has 4 aromatic carbocycles. The van der Waals surface area contributed by atoms with E-state index in [0.29, 0.717) is 61.7 Å². The van der Waals surface area contributed by atoms with Gasteiger partial charge in [0.2, 0.25) is 0 Å². The first kappa shape index (κ1) is 47.1. The fourth-order valence-electron chi connectivity index (χ4n) is 7.70. The van der Waals surface area contributed by atoms with Gasteiger partial charge in [-0.25, -0.2) is 14.4 Å². The van der Waals surface area contributed by atoms with Crippen LogP contribution in [0, 0.1) is 0 Å². The monoisotopic (exact) mass is 808 g/mol. The normalized spacial score (nSPS) is 11.2. The van der Waals surface area contributed by atoms with Gasteiger partial charge in [0, 0.05) is 18.1 Å². The number of ether oxygens (including phenoxy) is 3. The molecule has 0 aliphatic heterocycles. The summed E-state index contributed by atoms with van der Waals surface area (Å²) in [4.78, 5) is 57.0. The van der Waals surface area contributed by atoms with Crippen LogP contribution in [0.25, 0.3) is 0 Å². The van der Waals surface area contributed by atoms with E-state index in [1.54, 1.807) is 12.1 Å². The summed E-state index contributed by atoms with van der Waals surface area (Å²) in [5, 5.41) is 0. The predicted octanol–water partition coefficient (Wildman–Crippen LogP) is -4.08. The van der Waals surface area contributed by atoms with Crippen molar-refractivity contribution in [1.82, 2.24) is 0 Å². The molecule has 0 aromatic heterocycles. The molecule has 0 radical (unpaired) electrons. The third-order valence-corrected chi connectivity index (χ3v) is 11.5. The van der Waals surface area contributed by atoms with Crippen molar-refractivity contribution in [2.75, 3.05) is 12.4 Å². The second-order valence-electron chi connectivity index (χ2n) is 14.6. The number of esters is 3. The standard InChI is InChI=1S/C39H49B9O10S/c40-12-20-3-24(15-43)30(17-45)27(5-20)34(49)10-23-9-26(57-37(50)28-6-21(13-41)4-25(16-44)31(28)18-46)11-35(36(23)39(52)56-1-2-59(53,54)55)58-38(51)29-7-22(14-42)8-33(48)32(29)19-47/h3-9,11H,1-2,10,12-19,40-48H2,(H,53,54,55). The summed E-state index contributed by atoms with van der Waals surface area (Å²) < 4.78 is 50.1. The van der Waals surface area contributed by atoms with Gasteiger partial charge in [0.25, 0.3) is 10.1 Å². The second kappa shape index (κ2) is 21.1. The molecule has 0 amide bonds. The molecule has 298 valence electrons. The molecule has 0 heterocycles. The van der Waals surface area contributed by atoms with Gasteiger partial charge in [0.1, 0.15) is 100 Å². The molecule has 10 nitrogen and oxygen atoms in total. The molecular formula is C39H49B9O10S. The molecule has 59 heavy (non-hydrogen) atoms. The predicted molar refractivity (Wildman–Crippen MR) is 257 cm³/mol. The van der Waals surface area contributed by atoms with Gasteiger partial charge >= 0.3 is 17.9 Å². The molecule has 0 atom stereocenters. The Balaban J connectivity index is 1.99. The Morgan fingerprint density at radius 3 is 1.54 bits per heavy atom. The lowest BCUT2D eigenvalue weighted by Gasteiger charge is -2.19. The van der Waals surface area contributed by atoms with Crippen LogP contribution in [0.2, 0.25) is 0 Å². The zero-order chi connectivity index (χ0) is 43.6. The van der Waals surface area contributed by atoms with Crippen molar-refractivity contribution in [3.05, 3.63) is 121 Å². The molecule has 0 aliphatic rings. The highest BCUT2D eigenvalue weighted by Crippen LogP contribution is 2.34. The summed E-state index contributed by atoms with van der Waals surface area (Å²) in [6, 6.07) is 14.2. The van der Waals surface area contributed by atoms with Gasteiger partial charge < -0.3 is 14.2 Å². The third-order valence-electron chi connectivity index (χ3n) is 10.8. The van der Waals surface area contributed by atoms with E-state index in [1.807, 2.05) is 82.7 Å². The van der Waals surface area contributed by atoms with Crippen molar-refractivity contribution >= 4 is 110 Å². The van der Waals surface area contributed by atoms with E-state index in [-0.39, 0.29) is 34.0 Å². The summed E-state index contributed by atoms with van der Waals surface area (Å²) in [6.07, 6.45) is 4.69. The van der Waals surface area contributed by atoms with Gasteiger partial charge in [-0.2, -0.15) is 8.42 Å². The number of Topliss-reactive ketones (excluding diaryl/α,β-unsaturated/α-hetero) is 1. The van der Waals surface area contributed by atoms with E-state index in [0.717, 1.165) is 50.0 Å². The SMILES string of the molecule is BCc1cc(B)c(CB)c(C(=O)Oc2cc(OC(=O)c3cc(CB)cc(CB)c3CB)cc(CC(=O)c3cc(CB)cc(CB)c3CB)c2C(=O)OCCS(=O)(=O)O)c1. The zero-order valence-electron chi connectivity index (χ0n) is 35.9. The Kier molecular flexibility index (Phi) is 16.9. The van der Waals surface area contributed by atoms with E-state index in [9.17, 15) is 32.1 Å². The number of carbonyl (C=O) groups is 4. The first-order valence-electron chi connectivity index (χ1n) is 20.7. The van der Waals surface area contributed by atoms with Crippen LogP contribution >= 0.6 is 0 Å². The Labute approximate surface area is 356 Å². The van der Waals surface area contributed by atoms with E-state index >= 15 is 0 Å². The van der Waals surface area contributed by atoms with Crippen LogP contribution in [0.4, 0.5) is 0 Å². The maximum atomic E-state index is 14.5. The van der Waals surface area contributed by atoms with Gasteiger partial charge in [-0.15, -0.1) is 0 Å². The van der Waals surface area contributed by atoms with Crippen LogP contribution in [-0.4, -0.2) is 120 Å². The fraction of sp³-hybridized carbons (Fsp3) is 0.282. The third kappa shape index (κ3) is 11.6. The molecule has 1 N–H and O–H groups in total. The molecule has 0 saturated carbocycles. The maximum absolute atomic E-state index is 14.5. The molecule has 20 heteroatoms. The van der Waals surface area contributed by atoms with Crippen LogP contribution in [0.1, 0.15) is 91.5 Å².